The summed E-state index contributed by atoms with van der Waals surface area (Å²) in [5.74, 6) is 0.738. The summed E-state index contributed by atoms with van der Waals surface area (Å²) in [5.41, 5.74) is 3.11. The zero-order valence-electron chi connectivity index (χ0n) is 11.2. The lowest BCUT2D eigenvalue weighted by Gasteiger charge is -2.38. The molecule has 0 saturated carbocycles. The Kier molecular flexibility index (Phi) is 5.01. The van der Waals surface area contributed by atoms with Crippen molar-refractivity contribution in [2.75, 3.05) is 0 Å². The molecule has 0 aromatic heterocycles. The van der Waals surface area contributed by atoms with E-state index in [-0.39, 0.29) is 27.4 Å². The Hall–Kier alpha value is -0.350. The molecule has 1 aliphatic heterocycles. The summed E-state index contributed by atoms with van der Waals surface area (Å²) < 4.78 is 6.01. The molecular formula is C14H19Br2NO. The van der Waals surface area contributed by atoms with Gasteiger partial charge in [-0.2, -0.15) is 0 Å². The van der Waals surface area contributed by atoms with Crippen molar-refractivity contribution in [2.24, 2.45) is 4.99 Å². The molecule has 18 heavy (non-hydrogen) atoms. The highest BCUT2D eigenvalue weighted by molar-refractivity contribution is 9.09. The molecule has 2 atom stereocenters. The molecule has 0 N–H and O–H groups in total. The second-order valence-corrected chi connectivity index (χ2v) is 5.84. The standard InChI is InChI=1S/C14H18BrNO.BrH/c1-5-13(15)14(4)11-8-9(2)6-7-12(11)16-10(3)17-14;/h6-8,13H,5H2,1-4H3;1H. The Morgan fingerprint density at radius 1 is 1.39 bits per heavy atom. The van der Waals surface area contributed by atoms with Crippen LogP contribution in [0.3, 0.4) is 0 Å². The van der Waals surface area contributed by atoms with Crippen LogP contribution in [0.4, 0.5) is 5.69 Å². The van der Waals surface area contributed by atoms with E-state index in [4.69, 9.17) is 4.74 Å². The molecule has 0 saturated heterocycles. The number of rotatable bonds is 2. The Labute approximate surface area is 128 Å². The van der Waals surface area contributed by atoms with E-state index in [2.05, 4.69) is 59.9 Å². The molecule has 1 aliphatic rings. The highest BCUT2D eigenvalue weighted by Crippen LogP contribution is 2.43. The van der Waals surface area contributed by atoms with Gasteiger partial charge in [-0.3, -0.25) is 0 Å². The molecular weight excluding hydrogens is 358 g/mol. The molecule has 0 bridgehead atoms. The maximum absolute atomic E-state index is 6.01. The summed E-state index contributed by atoms with van der Waals surface area (Å²) in [6.45, 7) is 8.30. The SMILES string of the molecule is Br.CCC(Br)C1(C)OC(C)=Nc2ccc(C)cc21. The van der Waals surface area contributed by atoms with Gasteiger partial charge in [-0.05, 0) is 32.4 Å². The summed E-state index contributed by atoms with van der Waals surface area (Å²) in [6.07, 6.45) is 1.01. The fraction of sp³-hybridized carbons (Fsp3) is 0.500. The van der Waals surface area contributed by atoms with Crippen LogP contribution < -0.4 is 0 Å². The smallest absolute Gasteiger partial charge is 0.186 e. The molecule has 0 radical (unpaired) electrons. The average Bonchev–Trinajstić information content (AvgIpc) is 2.29. The lowest BCUT2D eigenvalue weighted by atomic mass is 9.87. The molecule has 100 valence electrons. The molecule has 0 spiro atoms. The molecule has 0 aliphatic carbocycles. The third kappa shape index (κ3) is 2.64. The van der Waals surface area contributed by atoms with E-state index in [1.165, 1.54) is 11.1 Å². The van der Waals surface area contributed by atoms with E-state index in [9.17, 15) is 0 Å². The molecule has 2 rings (SSSR count). The van der Waals surface area contributed by atoms with E-state index in [1.807, 2.05) is 6.92 Å². The Bertz CT molecular complexity index is 473. The number of nitrogens with zero attached hydrogens (tertiary/aromatic N) is 1. The van der Waals surface area contributed by atoms with Crippen LogP contribution in [0.1, 0.15) is 38.3 Å². The van der Waals surface area contributed by atoms with Crippen molar-refractivity contribution in [3.05, 3.63) is 29.3 Å². The van der Waals surface area contributed by atoms with Gasteiger partial charge in [-0.1, -0.05) is 34.5 Å². The van der Waals surface area contributed by atoms with E-state index in [0.29, 0.717) is 0 Å². The van der Waals surface area contributed by atoms with Gasteiger partial charge in [0.05, 0.1) is 10.5 Å². The van der Waals surface area contributed by atoms with Crippen LogP contribution in [0.2, 0.25) is 0 Å². The Balaban J connectivity index is 0.00000162. The van der Waals surface area contributed by atoms with E-state index < -0.39 is 0 Å². The van der Waals surface area contributed by atoms with Gasteiger partial charge in [0.2, 0.25) is 0 Å². The number of halogens is 2. The number of aryl methyl sites for hydroxylation is 1. The van der Waals surface area contributed by atoms with Crippen LogP contribution in [0.5, 0.6) is 0 Å². The molecule has 1 heterocycles. The minimum atomic E-state index is -0.331. The minimum absolute atomic E-state index is 0. The molecule has 1 aromatic rings. The summed E-state index contributed by atoms with van der Waals surface area (Å²) in [6, 6.07) is 6.34. The van der Waals surface area contributed by atoms with Crippen molar-refractivity contribution < 1.29 is 4.74 Å². The zero-order chi connectivity index (χ0) is 12.6. The zero-order valence-corrected chi connectivity index (χ0v) is 14.5. The van der Waals surface area contributed by atoms with Crippen LogP contribution in [-0.2, 0) is 10.3 Å². The topological polar surface area (TPSA) is 21.6 Å². The van der Waals surface area contributed by atoms with Crippen LogP contribution in [0, 0.1) is 6.92 Å². The lowest BCUT2D eigenvalue weighted by molar-refractivity contribution is 0.0662. The largest absolute Gasteiger partial charge is 0.469 e. The van der Waals surface area contributed by atoms with Crippen molar-refractivity contribution in [3.63, 3.8) is 0 Å². The third-order valence-electron chi connectivity index (χ3n) is 3.28. The fourth-order valence-corrected chi connectivity index (χ4v) is 2.66. The second-order valence-electron chi connectivity index (χ2n) is 4.74. The van der Waals surface area contributed by atoms with Gasteiger partial charge < -0.3 is 4.74 Å². The maximum Gasteiger partial charge on any atom is 0.186 e. The normalized spacial score (nSPS) is 23.3. The summed E-state index contributed by atoms with van der Waals surface area (Å²) in [7, 11) is 0. The average molecular weight is 377 g/mol. The van der Waals surface area contributed by atoms with Gasteiger partial charge in [-0.15, -0.1) is 17.0 Å². The molecule has 2 nitrogen and oxygen atoms in total. The summed E-state index contributed by atoms with van der Waals surface area (Å²) >= 11 is 3.74. The van der Waals surface area contributed by atoms with Gasteiger partial charge in [0.25, 0.3) is 0 Å². The summed E-state index contributed by atoms with van der Waals surface area (Å²) in [5, 5.41) is 0. The van der Waals surface area contributed by atoms with Gasteiger partial charge in [-0.25, -0.2) is 4.99 Å². The lowest BCUT2D eigenvalue weighted by Crippen LogP contribution is -2.39. The first-order chi connectivity index (χ1) is 7.97. The monoisotopic (exact) mass is 375 g/mol. The van der Waals surface area contributed by atoms with Crippen molar-refractivity contribution in [2.45, 2.75) is 44.5 Å². The van der Waals surface area contributed by atoms with Crippen LogP contribution in [0.15, 0.2) is 23.2 Å². The van der Waals surface area contributed by atoms with E-state index in [0.717, 1.165) is 18.0 Å². The van der Waals surface area contributed by atoms with Crippen LogP contribution >= 0.6 is 32.9 Å². The van der Waals surface area contributed by atoms with Crippen LogP contribution in [0.25, 0.3) is 0 Å². The third-order valence-corrected chi connectivity index (χ3v) is 4.80. The Morgan fingerprint density at radius 3 is 2.67 bits per heavy atom. The molecule has 0 fully saturated rings. The highest BCUT2D eigenvalue weighted by atomic mass is 79.9. The highest BCUT2D eigenvalue weighted by Gasteiger charge is 2.40. The first-order valence-electron chi connectivity index (χ1n) is 5.97. The molecule has 0 amide bonds. The number of alkyl halides is 1. The van der Waals surface area contributed by atoms with Gasteiger partial charge in [0, 0.05) is 12.5 Å². The quantitative estimate of drug-likeness (QED) is 0.662. The molecule has 4 heteroatoms. The van der Waals surface area contributed by atoms with E-state index in [1.54, 1.807) is 0 Å². The van der Waals surface area contributed by atoms with Crippen molar-refractivity contribution in [3.8, 4) is 0 Å². The van der Waals surface area contributed by atoms with Crippen molar-refractivity contribution >= 4 is 44.5 Å². The maximum atomic E-state index is 6.01. The Morgan fingerprint density at radius 2 is 2.06 bits per heavy atom. The predicted molar refractivity (Wildman–Crippen MR) is 85.7 cm³/mol. The predicted octanol–water partition coefficient (Wildman–Crippen LogP) is 5.04. The fourth-order valence-electron chi connectivity index (χ4n) is 2.32. The first-order valence-corrected chi connectivity index (χ1v) is 6.88. The first kappa shape index (κ1) is 15.7. The van der Waals surface area contributed by atoms with Crippen molar-refractivity contribution in [1.82, 2.24) is 0 Å². The van der Waals surface area contributed by atoms with Crippen LogP contribution in [-0.4, -0.2) is 10.7 Å². The number of fused-ring (bicyclic) bond motifs is 1. The van der Waals surface area contributed by atoms with Gasteiger partial charge in [0.1, 0.15) is 5.60 Å². The van der Waals surface area contributed by atoms with Gasteiger partial charge in [0.15, 0.2) is 5.90 Å². The number of benzene rings is 1. The number of ether oxygens (including phenoxy) is 1. The van der Waals surface area contributed by atoms with Gasteiger partial charge >= 0.3 is 0 Å². The molecule has 1 aromatic carbocycles. The number of hydrogen-bond acceptors (Lipinski definition) is 2. The number of hydrogen-bond donors (Lipinski definition) is 0. The second kappa shape index (κ2) is 5.74. The molecule has 2 unspecified atom stereocenters. The minimum Gasteiger partial charge on any atom is -0.469 e. The summed E-state index contributed by atoms with van der Waals surface area (Å²) in [4.78, 5) is 4.75. The number of aliphatic imine (C=N–C) groups is 1. The van der Waals surface area contributed by atoms with E-state index >= 15 is 0 Å². The van der Waals surface area contributed by atoms with Crippen molar-refractivity contribution in [1.29, 1.82) is 0 Å².